The summed E-state index contributed by atoms with van der Waals surface area (Å²) in [5.41, 5.74) is 11.7. The lowest BCUT2D eigenvalue weighted by atomic mass is 10.1. The molecule has 0 unspecified atom stereocenters. The van der Waals surface area contributed by atoms with Gasteiger partial charge in [-0.3, -0.25) is 4.68 Å². The van der Waals surface area contributed by atoms with Crippen LogP contribution >= 0.6 is 15.9 Å². The van der Waals surface area contributed by atoms with Gasteiger partial charge in [0, 0.05) is 22.2 Å². The van der Waals surface area contributed by atoms with Gasteiger partial charge < -0.3 is 10.5 Å². The van der Waals surface area contributed by atoms with Crippen molar-refractivity contribution < 1.29 is 4.74 Å². The molecule has 0 fully saturated rings. The Bertz CT molecular complexity index is 679. The lowest BCUT2D eigenvalue weighted by Crippen LogP contribution is -2.07. The van der Waals surface area contributed by atoms with E-state index in [1.165, 1.54) is 22.4 Å². The van der Waals surface area contributed by atoms with Crippen molar-refractivity contribution in [3.8, 4) is 5.75 Å². The Morgan fingerprint density at radius 1 is 1.38 bits per heavy atom. The summed E-state index contributed by atoms with van der Waals surface area (Å²) in [5, 5.41) is 4.67. The van der Waals surface area contributed by atoms with Crippen LogP contribution in [0.5, 0.6) is 5.75 Å². The van der Waals surface area contributed by atoms with E-state index in [0.717, 1.165) is 41.9 Å². The Morgan fingerprint density at radius 2 is 2.19 bits per heavy atom. The van der Waals surface area contributed by atoms with Crippen molar-refractivity contribution in [3.63, 3.8) is 0 Å². The fraction of sp³-hybridized carbons (Fsp3) is 0.438. The van der Waals surface area contributed by atoms with E-state index >= 15 is 0 Å². The van der Waals surface area contributed by atoms with Crippen LogP contribution in [0.2, 0.25) is 0 Å². The van der Waals surface area contributed by atoms with Crippen LogP contribution in [-0.2, 0) is 19.4 Å². The SMILES string of the molecule is Cc1nn(Cc2cc(Br)cc3c2OCC3)c(C)c1CCN. The Kier molecular flexibility index (Phi) is 4.04. The van der Waals surface area contributed by atoms with Gasteiger partial charge in [0.1, 0.15) is 5.75 Å². The third-order valence-electron chi connectivity index (χ3n) is 4.07. The molecule has 1 aliphatic rings. The van der Waals surface area contributed by atoms with Crippen molar-refractivity contribution >= 4 is 15.9 Å². The molecule has 2 aromatic rings. The number of aromatic nitrogens is 2. The number of rotatable bonds is 4. The maximum atomic E-state index is 5.80. The van der Waals surface area contributed by atoms with E-state index in [9.17, 15) is 0 Å². The molecule has 0 spiro atoms. The average molecular weight is 350 g/mol. The van der Waals surface area contributed by atoms with Gasteiger partial charge in [0.25, 0.3) is 0 Å². The second-order valence-corrected chi connectivity index (χ2v) is 6.41. The molecule has 2 N–H and O–H groups in total. The minimum Gasteiger partial charge on any atom is -0.493 e. The summed E-state index contributed by atoms with van der Waals surface area (Å²) in [4.78, 5) is 0. The first kappa shape index (κ1) is 14.6. The van der Waals surface area contributed by atoms with Crippen molar-refractivity contribution in [3.05, 3.63) is 44.7 Å². The molecule has 0 radical (unpaired) electrons. The molecule has 5 heteroatoms. The third kappa shape index (κ3) is 2.72. The van der Waals surface area contributed by atoms with Gasteiger partial charge in [0.2, 0.25) is 0 Å². The first-order valence-corrected chi connectivity index (χ1v) is 8.06. The maximum absolute atomic E-state index is 5.80. The fourth-order valence-corrected chi connectivity index (χ4v) is 3.57. The molecule has 0 bridgehead atoms. The first-order valence-electron chi connectivity index (χ1n) is 7.27. The van der Waals surface area contributed by atoms with Gasteiger partial charge in [-0.05, 0) is 50.1 Å². The van der Waals surface area contributed by atoms with Crippen molar-refractivity contribution in [1.29, 1.82) is 0 Å². The number of hydrogen-bond acceptors (Lipinski definition) is 3. The Labute approximate surface area is 133 Å². The molecule has 0 saturated carbocycles. The van der Waals surface area contributed by atoms with Crippen LogP contribution < -0.4 is 10.5 Å². The number of nitrogens with two attached hydrogens (primary N) is 1. The van der Waals surface area contributed by atoms with Gasteiger partial charge in [0.15, 0.2) is 0 Å². The van der Waals surface area contributed by atoms with Crippen molar-refractivity contribution in [2.75, 3.05) is 13.2 Å². The minimum absolute atomic E-state index is 0.656. The number of nitrogens with zero attached hydrogens (tertiary/aromatic N) is 2. The van der Waals surface area contributed by atoms with Crippen molar-refractivity contribution in [2.24, 2.45) is 5.73 Å². The van der Waals surface area contributed by atoms with Crippen LogP contribution in [0.25, 0.3) is 0 Å². The van der Waals surface area contributed by atoms with E-state index in [2.05, 4.69) is 51.7 Å². The van der Waals surface area contributed by atoms with Gasteiger partial charge in [-0.2, -0.15) is 5.10 Å². The lowest BCUT2D eigenvalue weighted by molar-refractivity contribution is 0.352. The molecule has 2 heterocycles. The van der Waals surface area contributed by atoms with Crippen LogP contribution in [-0.4, -0.2) is 22.9 Å². The molecule has 4 nitrogen and oxygen atoms in total. The number of ether oxygens (including phenoxy) is 1. The van der Waals surface area contributed by atoms with Gasteiger partial charge in [-0.25, -0.2) is 0 Å². The molecule has 3 rings (SSSR count). The number of halogens is 1. The number of benzene rings is 1. The van der Waals surface area contributed by atoms with Crippen LogP contribution in [0.1, 0.15) is 28.1 Å². The Hall–Kier alpha value is -1.33. The van der Waals surface area contributed by atoms with Crippen LogP contribution in [0, 0.1) is 13.8 Å². The molecule has 21 heavy (non-hydrogen) atoms. The highest BCUT2D eigenvalue weighted by molar-refractivity contribution is 9.10. The van der Waals surface area contributed by atoms with Crippen LogP contribution in [0.15, 0.2) is 16.6 Å². The largest absolute Gasteiger partial charge is 0.493 e. The summed E-state index contributed by atoms with van der Waals surface area (Å²) >= 11 is 3.59. The van der Waals surface area contributed by atoms with Gasteiger partial charge in [-0.15, -0.1) is 0 Å². The monoisotopic (exact) mass is 349 g/mol. The van der Waals surface area contributed by atoms with Gasteiger partial charge in [-0.1, -0.05) is 15.9 Å². The van der Waals surface area contributed by atoms with Gasteiger partial charge in [0.05, 0.1) is 18.8 Å². The van der Waals surface area contributed by atoms with Crippen molar-refractivity contribution in [1.82, 2.24) is 9.78 Å². The standard InChI is InChI=1S/C16H20BrN3O/c1-10-15(3-5-18)11(2)20(19-10)9-13-8-14(17)7-12-4-6-21-16(12)13/h7-8H,3-6,9,18H2,1-2H3. The number of hydrogen-bond donors (Lipinski definition) is 1. The fourth-order valence-electron chi connectivity index (χ4n) is 3.02. The second kappa shape index (κ2) is 5.81. The summed E-state index contributed by atoms with van der Waals surface area (Å²) in [6.07, 6.45) is 1.86. The predicted molar refractivity (Wildman–Crippen MR) is 86.9 cm³/mol. The average Bonchev–Trinajstić information content (AvgIpc) is 2.99. The topological polar surface area (TPSA) is 53.1 Å². The van der Waals surface area contributed by atoms with Crippen molar-refractivity contribution in [2.45, 2.75) is 33.2 Å². The summed E-state index contributed by atoms with van der Waals surface area (Å²) in [7, 11) is 0. The lowest BCUT2D eigenvalue weighted by Gasteiger charge is -2.11. The molecule has 1 aromatic carbocycles. The minimum atomic E-state index is 0.656. The van der Waals surface area contributed by atoms with Crippen LogP contribution in [0.3, 0.4) is 0 Å². The Balaban J connectivity index is 1.96. The molecular formula is C16H20BrN3O. The molecule has 0 aliphatic carbocycles. The van der Waals surface area contributed by atoms with E-state index in [1.807, 2.05) is 0 Å². The molecular weight excluding hydrogens is 330 g/mol. The predicted octanol–water partition coefficient (Wildman–Crippen LogP) is 2.75. The highest BCUT2D eigenvalue weighted by Gasteiger charge is 2.19. The molecule has 0 saturated heterocycles. The molecule has 0 atom stereocenters. The zero-order valence-electron chi connectivity index (χ0n) is 12.4. The Morgan fingerprint density at radius 3 is 2.95 bits per heavy atom. The highest BCUT2D eigenvalue weighted by atomic mass is 79.9. The van der Waals surface area contributed by atoms with E-state index < -0.39 is 0 Å². The van der Waals surface area contributed by atoms with E-state index in [0.29, 0.717) is 6.54 Å². The zero-order chi connectivity index (χ0) is 15.0. The summed E-state index contributed by atoms with van der Waals surface area (Å²) < 4.78 is 8.96. The van der Waals surface area contributed by atoms with Gasteiger partial charge >= 0.3 is 0 Å². The molecule has 1 aromatic heterocycles. The van der Waals surface area contributed by atoms with Crippen LogP contribution in [0.4, 0.5) is 0 Å². The molecule has 112 valence electrons. The zero-order valence-corrected chi connectivity index (χ0v) is 14.0. The first-order chi connectivity index (χ1) is 10.1. The second-order valence-electron chi connectivity index (χ2n) is 5.50. The number of aryl methyl sites for hydroxylation is 1. The normalized spacial score (nSPS) is 13.3. The quantitative estimate of drug-likeness (QED) is 0.923. The third-order valence-corrected chi connectivity index (χ3v) is 4.53. The van der Waals surface area contributed by atoms with E-state index in [1.54, 1.807) is 0 Å². The maximum Gasteiger partial charge on any atom is 0.127 e. The molecule has 1 aliphatic heterocycles. The smallest absolute Gasteiger partial charge is 0.127 e. The van der Waals surface area contributed by atoms with E-state index in [-0.39, 0.29) is 0 Å². The summed E-state index contributed by atoms with van der Waals surface area (Å²) in [6, 6.07) is 4.27. The van der Waals surface area contributed by atoms with E-state index in [4.69, 9.17) is 10.5 Å². The number of fused-ring (bicyclic) bond motifs is 1. The summed E-state index contributed by atoms with van der Waals surface area (Å²) in [5.74, 6) is 1.03. The summed E-state index contributed by atoms with van der Waals surface area (Å²) in [6.45, 7) is 6.33. The molecule has 0 amide bonds. The highest BCUT2D eigenvalue weighted by Crippen LogP contribution is 2.33.